The standard InChI is InChI=1S/C21H27NO2/c1-3-18-20-12-15-7-8-16(23)13-19(15)21(18,4-2)9-10-22(20)14-17-6-5-11-24-17/h5-8,11,13,18,20,23H,3-4,9-10,12,14H2,1-2H3/t18-,20?,21-/m0/s1. The molecular formula is C21H27NO2. The molecular weight excluding hydrogens is 298 g/mol. The van der Waals surface area contributed by atoms with Gasteiger partial charge in [0.05, 0.1) is 12.8 Å². The summed E-state index contributed by atoms with van der Waals surface area (Å²) in [6.45, 7) is 6.65. The van der Waals surface area contributed by atoms with E-state index in [2.05, 4.69) is 30.9 Å². The first-order chi connectivity index (χ1) is 11.7. The van der Waals surface area contributed by atoms with E-state index in [1.54, 1.807) is 6.26 Å². The van der Waals surface area contributed by atoms with Gasteiger partial charge in [0.25, 0.3) is 0 Å². The molecule has 2 aromatic rings. The van der Waals surface area contributed by atoms with E-state index < -0.39 is 0 Å². The lowest BCUT2D eigenvalue weighted by Gasteiger charge is -2.57. The minimum Gasteiger partial charge on any atom is -0.508 e. The highest BCUT2D eigenvalue weighted by atomic mass is 16.3. The largest absolute Gasteiger partial charge is 0.508 e. The lowest BCUT2D eigenvalue weighted by Crippen LogP contribution is -2.59. The Labute approximate surface area is 144 Å². The van der Waals surface area contributed by atoms with E-state index >= 15 is 0 Å². The molecule has 1 unspecified atom stereocenters. The van der Waals surface area contributed by atoms with E-state index in [1.165, 1.54) is 17.5 Å². The van der Waals surface area contributed by atoms with Crippen molar-refractivity contribution in [2.24, 2.45) is 5.92 Å². The van der Waals surface area contributed by atoms with E-state index in [0.29, 0.717) is 17.7 Å². The number of aromatic hydroxyl groups is 1. The molecule has 24 heavy (non-hydrogen) atoms. The van der Waals surface area contributed by atoms with Gasteiger partial charge in [0.1, 0.15) is 11.5 Å². The Hall–Kier alpha value is -1.74. The first kappa shape index (κ1) is 15.8. The molecule has 1 aromatic heterocycles. The van der Waals surface area contributed by atoms with Gasteiger partial charge in [-0.1, -0.05) is 26.3 Å². The number of benzene rings is 1. The zero-order chi connectivity index (χ0) is 16.7. The summed E-state index contributed by atoms with van der Waals surface area (Å²) in [6.07, 6.45) is 6.34. The topological polar surface area (TPSA) is 36.6 Å². The third kappa shape index (κ3) is 2.29. The SMILES string of the molecule is CC[C@H]1C2Cc3ccc(O)cc3[C@@]1(CC)CCN2Cc1ccco1. The van der Waals surface area contributed by atoms with Crippen LogP contribution in [0.4, 0.5) is 0 Å². The normalized spacial score (nSPS) is 29.4. The molecule has 0 spiro atoms. The zero-order valence-corrected chi connectivity index (χ0v) is 14.7. The summed E-state index contributed by atoms with van der Waals surface area (Å²) in [5.41, 5.74) is 3.05. The van der Waals surface area contributed by atoms with Gasteiger partial charge in [-0.3, -0.25) is 4.90 Å². The molecule has 2 bridgehead atoms. The summed E-state index contributed by atoms with van der Waals surface area (Å²) in [7, 11) is 0. The van der Waals surface area contributed by atoms with Crippen molar-refractivity contribution in [1.82, 2.24) is 4.90 Å². The predicted octanol–water partition coefficient (Wildman–Crippen LogP) is 4.49. The monoisotopic (exact) mass is 325 g/mol. The molecule has 0 radical (unpaired) electrons. The minimum absolute atomic E-state index is 0.214. The molecule has 4 rings (SSSR count). The average Bonchev–Trinajstić information content (AvgIpc) is 3.10. The summed E-state index contributed by atoms with van der Waals surface area (Å²) < 4.78 is 5.60. The summed E-state index contributed by atoms with van der Waals surface area (Å²) in [6, 6.07) is 10.7. The Morgan fingerprint density at radius 3 is 2.88 bits per heavy atom. The summed E-state index contributed by atoms with van der Waals surface area (Å²) in [4.78, 5) is 2.62. The third-order valence-corrected chi connectivity index (χ3v) is 6.56. The number of hydrogen-bond acceptors (Lipinski definition) is 3. The van der Waals surface area contributed by atoms with Crippen LogP contribution in [-0.2, 0) is 18.4 Å². The Balaban J connectivity index is 1.74. The van der Waals surface area contributed by atoms with E-state index in [4.69, 9.17) is 4.42 Å². The molecule has 0 saturated carbocycles. The van der Waals surface area contributed by atoms with E-state index in [9.17, 15) is 5.11 Å². The van der Waals surface area contributed by atoms with Gasteiger partial charge in [-0.25, -0.2) is 0 Å². The number of nitrogens with zero attached hydrogens (tertiary/aromatic N) is 1. The second-order valence-electron chi connectivity index (χ2n) is 7.44. The van der Waals surface area contributed by atoms with Gasteiger partial charge in [-0.15, -0.1) is 0 Å². The molecule has 1 fully saturated rings. The maximum Gasteiger partial charge on any atom is 0.117 e. The van der Waals surface area contributed by atoms with Crippen LogP contribution in [-0.4, -0.2) is 22.6 Å². The Morgan fingerprint density at radius 2 is 2.17 bits per heavy atom. The van der Waals surface area contributed by atoms with Gasteiger partial charge >= 0.3 is 0 Å². The summed E-state index contributed by atoms with van der Waals surface area (Å²) in [5.74, 6) is 2.11. The maximum absolute atomic E-state index is 10.1. The number of phenols is 1. The van der Waals surface area contributed by atoms with Crippen molar-refractivity contribution in [3.05, 3.63) is 53.5 Å². The average molecular weight is 325 g/mol. The van der Waals surface area contributed by atoms with Crippen LogP contribution in [0.1, 0.15) is 50.0 Å². The molecule has 1 aliphatic carbocycles. The van der Waals surface area contributed by atoms with Crippen LogP contribution in [0.3, 0.4) is 0 Å². The van der Waals surface area contributed by atoms with Crippen molar-refractivity contribution in [3.8, 4) is 5.75 Å². The molecule has 1 aromatic carbocycles. The van der Waals surface area contributed by atoms with Crippen molar-refractivity contribution >= 4 is 0 Å². The lowest BCUT2D eigenvalue weighted by atomic mass is 9.55. The summed E-state index contributed by atoms with van der Waals surface area (Å²) >= 11 is 0. The highest BCUT2D eigenvalue weighted by Crippen LogP contribution is 2.52. The molecule has 128 valence electrons. The fraction of sp³-hybridized carbons (Fsp3) is 0.524. The lowest BCUT2D eigenvalue weighted by molar-refractivity contribution is 0.000801. The van der Waals surface area contributed by atoms with Crippen molar-refractivity contribution in [3.63, 3.8) is 0 Å². The number of phenolic OH excluding ortho intramolecular Hbond substituents is 1. The maximum atomic E-state index is 10.1. The minimum atomic E-state index is 0.214. The van der Waals surface area contributed by atoms with Crippen LogP contribution in [0.5, 0.6) is 5.75 Å². The van der Waals surface area contributed by atoms with Crippen LogP contribution < -0.4 is 0 Å². The van der Waals surface area contributed by atoms with Crippen molar-refractivity contribution in [2.45, 2.75) is 57.5 Å². The first-order valence-corrected chi connectivity index (χ1v) is 9.26. The molecule has 2 heterocycles. The number of piperidine rings is 1. The number of fused-ring (bicyclic) bond motifs is 4. The number of rotatable bonds is 4. The van der Waals surface area contributed by atoms with Crippen molar-refractivity contribution in [1.29, 1.82) is 0 Å². The first-order valence-electron chi connectivity index (χ1n) is 9.26. The van der Waals surface area contributed by atoms with Gasteiger partial charge < -0.3 is 9.52 Å². The molecule has 3 nitrogen and oxygen atoms in total. The smallest absolute Gasteiger partial charge is 0.117 e. The molecule has 1 N–H and O–H groups in total. The fourth-order valence-electron chi connectivity index (χ4n) is 5.45. The highest BCUT2D eigenvalue weighted by Gasteiger charge is 2.51. The molecule has 1 saturated heterocycles. The van der Waals surface area contributed by atoms with Gasteiger partial charge in [0.15, 0.2) is 0 Å². The molecule has 0 amide bonds. The molecule has 3 atom stereocenters. The Kier molecular flexibility index (Phi) is 3.92. The third-order valence-electron chi connectivity index (χ3n) is 6.56. The van der Waals surface area contributed by atoms with Crippen LogP contribution in [0.25, 0.3) is 0 Å². The number of likely N-dealkylation sites (tertiary alicyclic amines) is 1. The predicted molar refractivity (Wildman–Crippen MR) is 95.1 cm³/mol. The summed E-state index contributed by atoms with van der Waals surface area (Å²) in [5, 5.41) is 10.1. The molecule has 3 heteroatoms. The van der Waals surface area contributed by atoms with E-state index in [0.717, 1.165) is 38.1 Å². The van der Waals surface area contributed by atoms with Crippen molar-refractivity contribution in [2.75, 3.05) is 6.54 Å². The fourth-order valence-corrected chi connectivity index (χ4v) is 5.45. The quantitative estimate of drug-likeness (QED) is 0.900. The van der Waals surface area contributed by atoms with E-state index in [-0.39, 0.29) is 5.41 Å². The zero-order valence-electron chi connectivity index (χ0n) is 14.7. The van der Waals surface area contributed by atoms with Gasteiger partial charge in [-0.2, -0.15) is 0 Å². The van der Waals surface area contributed by atoms with Crippen LogP contribution >= 0.6 is 0 Å². The van der Waals surface area contributed by atoms with Crippen LogP contribution in [0, 0.1) is 5.92 Å². The number of hydrogen-bond donors (Lipinski definition) is 1. The Morgan fingerprint density at radius 1 is 1.29 bits per heavy atom. The van der Waals surface area contributed by atoms with Crippen LogP contribution in [0.2, 0.25) is 0 Å². The second-order valence-corrected chi connectivity index (χ2v) is 7.44. The van der Waals surface area contributed by atoms with E-state index in [1.807, 2.05) is 18.2 Å². The second kappa shape index (κ2) is 5.96. The Bertz CT molecular complexity index is 709. The molecule has 1 aliphatic heterocycles. The van der Waals surface area contributed by atoms with Gasteiger partial charge in [-0.05, 0) is 67.1 Å². The molecule has 2 aliphatic rings. The van der Waals surface area contributed by atoms with Gasteiger partial charge in [0, 0.05) is 11.5 Å². The van der Waals surface area contributed by atoms with Crippen molar-refractivity contribution < 1.29 is 9.52 Å². The van der Waals surface area contributed by atoms with Gasteiger partial charge in [0.2, 0.25) is 0 Å². The number of furan rings is 1. The highest BCUT2D eigenvalue weighted by molar-refractivity contribution is 5.44. The van der Waals surface area contributed by atoms with Crippen LogP contribution in [0.15, 0.2) is 41.0 Å².